The molecule has 1 fully saturated rings. The van der Waals surface area contributed by atoms with Crippen molar-refractivity contribution in [3.05, 3.63) is 33.6 Å². The van der Waals surface area contributed by atoms with Crippen LogP contribution in [0, 0.1) is 5.82 Å². The molecule has 1 aromatic carbocycles. The molecular formula is C14H21Cl4FN2. The number of nitrogens with zero attached hydrogens (tertiary/aromatic N) is 1. The van der Waals surface area contributed by atoms with Crippen LogP contribution in [0.25, 0.3) is 0 Å². The Morgan fingerprint density at radius 2 is 1.76 bits per heavy atom. The molecule has 0 radical (unpaired) electrons. The van der Waals surface area contributed by atoms with Gasteiger partial charge in [-0.1, -0.05) is 36.5 Å². The number of benzene rings is 1. The quantitative estimate of drug-likeness (QED) is 0.763. The lowest BCUT2D eigenvalue weighted by molar-refractivity contribution is 0.161. The van der Waals surface area contributed by atoms with Crippen molar-refractivity contribution >= 4 is 48.0 Å². The summed E-state index contributed by atoms with van der Waals surface area (Å²) in [7, 11) is 0. The van der Waals surface area contributed by atoms with Crippen LogP contribution in [0.5, 0.6) is 0 Å². The van der Waals surface area contributed by atoms with Crippen LogP contribution in [0.3, 0.4) is 0 Å². The van der Waals surface area contributed by atoms with Crippen molar-refractivity contribution in [2.45, 2.75) is 25.8 Å². The molecule has 0 amide bonds. The summed E-state index contributed by atoms with van der Waals surface area (Å²) in [6.07, 6.45) is 1.87. The van der Waals surface area contributed by atoms with Gasteiger partial charge in [0, 0.05) is 42.8 Å². The largest absolute Gasteiger partial charge is 0.314 e. The van der Waals surface area contributed by atoms with Gasteiger partial charge in [-0.3, -0.25) is 4.90 Å². The number of rotatable bonds is 4. The number of halogens is 5. The maximum atomic E-state index is 14.3. The summed E-state index contributed by atoms with van der Waals surface area (Å²) in [5.74, 6) is -0.369. The van der Waals surface area contributed by atoms with E-state index in [2.05, 4.69) is 17.1 Å². The molecule has 0 aliphatic carbocycles. The van der Waals surface area contributed by atoms with E-state index in [1.807, 2.05) is 0 Å². The summed E-state index contributed by atoms with van der Waals surface area (Å²) in [6.45, 7) is 5.78. The molecule has 0 spiro atoms. The molecule has 1 N–H and O–H groups in total. The number of hydrogen-bond acceptors (Lipinski definition) is 2. The summed E-state index contributed by atoms with van der Waals surface area (Å²) < 4.78 is 14.3. The molecule has 122 valence electrons. The van der Waals surface area contributed by atoms with Crippen molar-refractivity contribution in [1.82, 2.24) is 10.2 Å². The highest BCUT2D eigenvalue weighted by Crippen LogP contribution is 2.36. The Morgan fingerprint density at radius 1 is 1.19 bits per heavy atom. The Hall–Kier alpha value is 0.230. The molecule has 21 heavy (non-hydrogen) atoms. The second-order valence-electron chi connectivity index (χ2n) is 4.85. The van der Waals surface area contributed by atoms with Gasteiger partial charge < -0.3 is 5.32 Å². The van der Waals surface area contributed by atoms with Gasteiger partial charge in [0.1, 0.15) is 5.82 Å². The number of hydrogen-bond donors (Lipinski definition) is 1. The lowest BCUT2D eigenvalue weighted by atomic mass is 9.99. The van der Waals surface area contributed by atoms with Gasteiger partial charge in [-0.2, -0.15) is 0 Å². The Labute approximate surface area is 148 Å². The van der Waals surface area contributed by atoms with Crippen molar-refractivity contribution in [2.75, 3.05) is 26.2 Å². The Morgan fingerprint density at radius 3 is 2.33 bits per heavy atom. The molecule has 0 unspecified atom stereocenters. The zero-order valence-corrected chi connectivity index (χ0v) is 15.0. The van der Waals surface area contributed by atoms with Gasteiger partial charge in [0.05, 0.1) is 5.02 Å². The van der Waals surface area contributed by atoms with Crippen LogP contribution in [0.15, 0.2) is 12.1 Å². The maximum Gasteiger partial charge on any atom is 0.148 e. The van der Waals surface area contributed by atoms with E-state index in [1.54, 1.807) is 6.07 Å². The standard InChI is InChI=1S/C14H19Cl2FN2.2ClH/c1-2-3-12(19-8-6-18-7-9-19)13-10(15)4-5-11(16)14(13)17;;/h4-5,12,18H,2-3,6-9H2,1H3;2*1H/t12-;;/m1../s1. The number of nitrogens with one attached hydrogen (secondary N) is 1. The van der Waals surface area contributed by atoms with Crippen LogP contribution in [-0.4, -0.2) is 31.1 Å². The Kier molecular flexibility index (Phi) is 10.2. The van der Waals surface area contributed by atoms with E-state index < -0.39 is 0 Å². The first-order valence-electron chi connectivity index (χ1n) is 6.73. The van der Waals surface area contributed by atoms with E-state index in [9.17, 15) is 4.39 Å². The smallest absolute Gasteiger partial charge is 0.148 e. The molecule has 0 aromatic heterocycles. The van der Waals surface area contributed by atoms with E-state index >= 15 is 0 Å². The SMILES string of the molecule is CCC[C@H](c1c(Cl)ccc(Cl)c1F)N1CCNCC1.Cl.Cl. The first kappa shape index (κ1) is 21.2. The van der Waals surface area contributed by atoms with Crippen LogP contribution in [0.1, 0.15) is 31.4 Å². The molecule has 2 nitrogen and oxygen atoms in total. The molecule has 7 heteroatoms. The third-order valence-electron chi connectivity index (χ3n) is 3.57. The molecule has 1 aliphatic heterocycles. The van der Waals surface area contributed by atoms with E-state index in [1.165, 1.54) is 6.07 Å². The third-order valence-corrected chi connectivity index (χ3v) is 4.19. The Balaban J connectivity index is 0.00000200. The third kappa shape index (κ3) is 5.12. The summed E-state index contributed by atoms with van der Waals surface area (Å²) in [6, 6.07) is 3.22. The predicted octanol–water partition coefficient (Wildman–Crippen LogP) is 4.72. The van der Waals surface area contributed by atoms with Crippen molar-refractivity contribution in [3.63, 3.8) is 0 Å². The summed E-state index contributed by atoms with van der Waals surface area (Å²) in [5, 5.41) is 3.93. The van der Waals surface area contributed by atoms with Crippen LogP contribution >= 0.6 is 48.0 Å². The zero-order valence-electron chi connectivity index (χ0n) is 11.9. The summed E-state index contributed by atoms with van der Waals surface area (Å²) in [4.78, 5) is 2.29. The van der Waals surface area contributed by atoms with Gasteiger partial charge in [0.15, 0.2) is 0 Å². The van der Waals surface area contributed by atoms with Crippen molar-refractivity contribution in [3.8, 4) is 0 Å². The minimum atomic E-state index is -0.369. The minimum absolute atomic E-state index is 0. The first-order valence-corrected chi connectivity index (χ1v) is 7.49. The molecule has 1 atom stereocenters. The van der Waals surface area contributed by atoms with Crippen molar-refractivity contribution in [2.24, 2.45) is 0 Å². The van der Waals surface area contributed by atoms with Crippen molar-refractivity contribution in [1.29, 1.82) is 0 Å². The summed E-state index contributed by atoms with van der Waals surface area (Å²) >= 11 is 12.1. The lowest BCUT2D eigenvalue weighted by Gasteiger charge is -2.35. The number of piperazine rings is 1. The summed E-state index contributed by atoms with van der Waals surface area (Å²) in [5.41, 5.74) is 0.554. The monoisotopic (exact) mass is 376 g/mol. The molecule has 1 saturated heterocycles. The fourth-order valence-electron chi connectivity index (χ4n) is 2.62. The lowest BCUT2D eigenvalue weighted by Crippen LogP contribution is -2.45. The van der Waals surface area contributed by atoms with Gasteiger partial charge in [0.2, 0.25) is 0 Å². The normalized spacial score (nSPS) is 16.8. The van der Waals surface area contributed by atoms with Crippen LogP contribution in [0.2, 0.25) is 10.0 Å². The van der Waals surface area contributed by atoms with E-state index in [-0.39, 0.29) is 41.7 Å². The van der Waals surface area contributed by atoms with E-state index in [0.717, 1.165) is 39.0 Å². The van der Waals surface area contributed by atoms with Gasteiger partial charge in [0.25, 0.3) is 0 Å². The highest BCUT2D eigenvalue weighted by Gasteiger charge is 2.27. The van der Waals surface area contributed by atoms with Gasteiger partial charge in [-0.05, 0) is 18.6 Å². The maximum absolute atomic E-state index is 14.3. The highest BCUT2D eigenvalue weighted by atomic mass is 35.5. The molecule has 0 bridgehead atoms. The van der Waals surface area contributed by atoms with E-state index in [4.69, 9.17) is 23.2 Å². The van der Waals surface area contributed by atoms with Crippen LogP contribution < -0.4 is 5.32 Å². The first-order chi connectivity index (χ1) is 9.15. The molecule has 0 saturated carbocycles. The van der Waals surface area contributed by atoms with Crippen LogP contribution in [-0.2, 0) is 0 Å². The van der Waals surface area contributed by atoms with Gasteiger partial charge in [-0.25, -0.2) is 4.39 Å². The fraction of sp³-hybridized carbons (Fsp3) is 0.571. The predicted molar refractivity (Wildman–Crippen MR) is 93.0 cm³/mol. The molecule has 1 heterocycles. The van der Waals surface area contributed by atoms with E-state index in [0.29, 0.717) is 10.6 Å². The van der Waals surface area contributed by atoms with Gasteiger partial charge >= 0.3 is 0 Å². The second-order valence-corrected chi connectivity index (χ2v) is 5.66. The molecule has 2 rings (SSSR count). The molecule has 1 aromatic rings. The molecule has 1 aliphatic rings. The Bertz CT molecular complexity index is 439. The highest BCUT2D eigenvalue weighted by molar-refractivity contribution is 6.33. The minimum Gasteiger partial charge on any atom is -0.314 e. The fourth-order valence-corrected chi connectivity index (χ4v) is 3.06. The zero-order chi connectivity index (χ0) is 13.8. The van der Waals surface area contributed by atoms with Crippen LogP contribution in [0.4, 0.5) is 4.39 Å². The topological polar surface area (TPSA) is 15.3 Å². The average molecular weight is 378 g/mol. The molecular weight excluding hydrogens is 357 g/mol. The van der Waals surface area contributed by atoms with Crippen molar-refractivity contribution < 1.29 is 4.39 Å². The second kappa shape index (κ2) is 10.1. The van der Waals surface area contributed by atoms with Gasteiger partial charge in [-0.15, -0.1) is 24.8 Å². The average Bonchev–Trinajstić information content (AvgIpc) is 2.43.